The summed E-state index contributed by atoms with van der Waals surface area (Å²) in [6.07, 6.45) is 0. The second-order valence-electron chi connectivity index (χ2n) is 4.27. The summed E-state index contributed by atoms with van der Waals surface area (Å²) in [5.41, 5.74) is 0. The summed E-state index contributed by atoms with van der Waals surface area (Å²) in [5, 5.41) is 2.62. The van der Waals surface area contributed by atoms with Crippen LogP contribution >= 0.6 is 7.81 Å². The molecule has 3 aromatic rings. The zero-order chi connectivity index (χ0) is 16.8. The Morgan fingerprint density at radius 3 is 1.00 bits per heavy atom. The molecule has 0 bridgehead atoms. The molecule has 0 atom stereocenters. The SMILES string of the molecule is F[P-](F)(F)(F)(F)F.[Ru+2].c1cc[cH-]c1.c1ccc2ccccc2c1. The Bertz CT molecular complexity index is 598. The number of benzene rings is 2. The van der Waals surface area contributed by atoms with E-state index in [1.807, 2.05) is 30.3 Å². The second-order valence-corrected chi connectivity index (χ2v) is 6.18. The molecule has 0 aromatic heterocycles. The van der Waals surface area contributed by atoms with Crippen LogP contribution in [0.15, 0.2) is 78.9 Å². The molecular weight excluding hydrogens is 426 g/mol. The van der Waals surface area contributed by atoms with Crippen LogP contribution in [0.1, 0.15) is 0 Å². The Hall–Kier alpha value is -1.32. The van der Waals surface area contributed by atoms with Gasteiger partial charge < -0.3 is 0 Å². The maximum atomic E-state index is 9.87. The Kier molecular flexibility index (Phi) is 7.07. The number of rotatable bonds is 0. The summed E-state index contributed by atoms with van der Waals surface area (Å²) in [6, 6.07) is 26.7. The van der Waals surface area contributed by atoms with Crippen LogP contribution in [-0.2, 0) is 19.5 Å². The molecule has 0 radical (unpaired) electrons. The van der Waals surface area contributed by atoms with Crippen LogP contribution in [0.5, 0.6) is 0 Å². The van der Waals surface area contributed by atoms with Gasteiger partial charge in [-0.25, -0.2) is 12.1 Å². The van der Waals surface area contributed by atoms with Crippen molar-refractivity contribution in [3.63, 3.8) is 0 Å². The zero-order valence-corrected chi connectivity index (χ0v) is 14.2. The van der Waals surface area contributed by atoms with Crippen molar-refractivity contribution in [2.45, 2.75) is 0 Å². The predicted molar refractivity (Wildman–Crippen MR) is 79.6 cm³/mol. The molecule has 3 aromatic carbocycles. The third-order valence-corrected chi connectivity index (χ3v) is 2.21. The molecule has 0 fully saturated rings. The summed E-state index contributed by atoms with van der Waals surface area (Å²) in [6.45, 7) is 0. The molecule has 0 spiro atoms. The zero-order valence-electron chi connectivity index (χ0n) is 11.6. The monoisotopic (exact) mass is 440 g/mol. The van der Waals surface area contributed by atoms with Crippen molar-refractivity contribution in [2.75, 3.05) is 0 Å². The summed E-state index contributed by atoms with van der Waals surface area (Å²) in [4.78, 5) is 0. The summed E-state index contributed by atoms with van der Waals surface area (Å²) in [5.74, 6) is 0. The molecule has 3 rings (SSSR count). The second kappa shape index (κ2) is 7.50. The molecule has 128 valence electrons. The van der Waals surface area contributed by atoms with Gasteiger partial charge in [0.1, 0.15) is 0 Å². The molecular formula is C15H13F6PRu. The molecule has 0 aliphatic carbocycles. The molecule has 8 heteroatoms. The minimum Gasteiger partial charge on any atom is -0.214 e. The average molecular weight is 439 g/mol. The van der Waals surface area contributed by atoms with E-state index >= 15 is 0 Å². The van der Waals surface area contributed by atoms with Gasteiger partial charge in [-0.2, -0.15) is 18.2 Å². The van der Waals surface area contributed by atoms with Crippen molar-refractivity contribution < 1.29 is 44.7 Å². The quantitative estimate of drug-likeness (QED) is 0.146. The van der Waals surface area contributed by atoms with Crippen molar-refractivity contribution in [3.05, 3.63) is 78.9 Å². The van der Waals surface area contributed by atoms with E-state index in [1.165, 1.54) is 10.8 Å². The van der Waals surface area contributed by atoms with E-state index in [4.69, 9.17) is 0 Å². The molecule has 0 N–H and O–H groups in total. The predicted octanol–water partition coefficient (Wildman–Crippen LogP) is 7.63. The van der Waals surface area contributed by atoms with Crippen molar-refractivity contribution >= 4 is 18.6 Å². The van der Waals surface area contributed by atoms with Gasteiger partial charge in [-0.1, -0.05) is 48.5 Å². The maximum absolute atomic E-state index is 10.7. The van der Waals surface area contributed by atoms with Crippen LogP contribution < -0.4 is 0 Å². The molecule has 0 aliphatic rings. The standard InChI is InChI=1S/C10H8.C5H5.F6P.Ru/c1-2-6-10-8-4-3-7-9(10)5-1;1-2-4-5-3-1;1-7(2,3,4,5)6;/h1-8H;1-5H;;/q;2*-1;+2. The van der Waals surface area contributed by atoms with Crippen LogP contribution in [0, 0.1) is 0 Å². The first-order valence-electron chi connectivity index (χ1n) is 6.09. The first kappa shape index (κ1) is 21.7. The van der Waals surface area contributed by atoms with Gasteiger partial charge in [-0.3, -0.25) is 0 Å². The van der Waals surface area contributed by atoms with E-state index in [-0.39, 0.29) is 19.5 Å². The van der Waals surface area contributed by atoms with E-state index in [2.05, 4.69) is 48.5 Å². The number of halogens is 6. The molecule has 23 heavy (non-hydrogen) atoms. The van der Waals surface area contributed by atoms with Crippen LogP contribution in [0.2, 0.25) is 0 Å². The normalized spacial score (nSPS) is 13.1. The average Bonchev–Trinajstić information content (AvgIpc) is 2.94. The molecule has 0 aliphatic heterocycles. The summed E-state index contributed by atoms with van der Waals surface area (Å²) in [7, 11) is -10.7. The summed E-state index contributed by atoms with van der Waals surface area (Å²) < 4.78 is 59.2. The van der Waals surface area contributed by atoms with Crippen LogP contribution in [0.25, 0.3) is 10.8 Å². The molecule has 0 unspecified atom stereocenters. The van der Waals surface area contributed by atoms with Crippen molar-refractivity contribution in [2.24, 2.45) is 0 Å². The minimum atomic E-state index is -10.7. The van der Waals surface area contributed by atoms with Gasteiger partial charge >= 0.3 is 52.5 Å². The Labute approximate surface area is 142 Å². The van der Waals surface area contributed by atoms with Crippen LogP contribution in [0.3, 0.4) is 0 Å². The largest absolute Gasteiger partial charge is 2.00 e. The Morgan fingerprint density at radius 1 is 0.565 bits per heavy atom. The van der Waals surface area contributed by atoms with E-state index < -0.39 is 7.81 Å². The van der Waals surface area contributed by atoms with E-state index in [0.717, 1.165) is 0 Å². The van der Waals surface area contributed by atoms with Crippen molar-refractivity contribution in [1.29, 1.82) is 0 Å². The van der Waals surface area contributed by atoms with E-state index in [9.17, 15) is 25.2 Å². The Morgan fingerprint density at radius 2 is 0.826 bits per heavy atom. The number of hydrogen-bond acceptors (Lipinski definition) is 0. The van der Waals surface area contributed by atoms with Crippen molar-refractivity contribution in [1.82, 2.24) is 0 Å². The molecule has 0 heterocycles. The number of fused-ring (bicyclic) bond motifs is 1. The van der Waals surface area contributed by atoms with Gasteiger partial charge in [0.15, 0.2) is 0 Å². The topological polar surface area (TPSA) is 0 Å². The fraction of sp³-hybridized carbons (Fsp3) is 0. The van der Waals surface area contributed by atoms with Gasteiger partial charge in [0.05, 0.1) is 0 Å². The molecule has 0 saturated carbocycles. The van der Waals surface area contributed by atoms with Gasteiger partial charge in [-0.15, -0.1) is 0 Å². The first-order valence-corrected chi connectivity index (χ1v) is 8.11. The first-order chi connectivity index (χ1) is 9.92. The fourth-order valence-electron chi connectivity index (χ4n) is 1.45. The maximum Gasteiger partial charge on any atom is 2.00 e. The number of hydrogen-bond donors (Lipinski definition) is 0. The van der Waals surface area contributed by atoms with Crippen LogP contribution in [-0.4, -0.2) is 0 Å². The van der Waals surface area contributed by atoms with Gasteiger partial charge in [0, 0.05) is 0 Å². The van der Waals surface area contributed by atoms with Crippen LogP contribution in [0.4, 0.5) is 25.2 Å². The third kappa shape index (κ3) is 15.4. The molecule has 0 saturated heterocycles. The Balaban J connectivity index is 0.000000330. The van der Waals surface area contributed by atoms with Gasteiger partial charge in [0.25, 0.3) is 0 Å². The van der Waals surface area contributed by atoms with Gasteiger partial charge in [-0.05, 0) is 10.8 Å². The molecule has 0 amide bonds. The fourth-order valence-corrected chi connectivity index (χ4v) is 1.45. The smallest absolute Gasteiger partial charge is 0.214 e. The minimum absolute atomic E-state index is 0. The van der Waals surface area contributed by atoms with E-state index in [0.29, 0.717) is 0 Å². The van der Waals surface area contributed by atoms with Gasteiger partial charge in [0.2, 0.25) is 0 Å². The third-order valence-electron chi connectivity index (χ3n) is 2.21. The molecule has 0 nitrogen and oxygen atoms in total. The summed E-state index contributed by atoms with van der Waals surface area (Å²) >= 11 is 0. The van der Waals surface area contributed by atoms with E-state index in [1.54, 1.807) is 0 Å². The van der Waals surface area contributed by atoms with Crippen molar-refractivity contribution in [3.8, 4) is 0 Å².